The topological polar surface area (TPSA) is 43.4 Å². The molecule has 19 heavy (non-hydrogen) atoms. The largest absolute Gasteiger partial charge is 0.496 e. The minimum absolute atomic E-state index is 0.750. The molecule has 2 rings (SSSR count). The first kappa shape index (κ1) is 13.2. The fraction of sp³-hybridized carbons (Fsp3) is 0.267. The van der Waals surface area contributed by atoms with Gasteiger partial charge in [-0.05, 0) is 31.2 Å². The van der Waals surface area contributed by atoms with Gasteiger partial charge in [0.25, 0.3) is 0 Å². The predicted molar refractivity (Wildman–Crippen MR) is 76.9 cm³/mol. The van der Waals surface area contributed by atoms with Crippen LogP contribution < -0.4 is 14.8 Å². The summed E-state index contributed by atoms with van der Waals surface area (Å²) in [5.74, 6) is 2.34. The molecular weight excluding hydrogens is 240 g/mol. The second-order valence-corrected chi connectivity index (χ2v) is 3.98. The number of rotatable bonds is 5. The van der Waals surface area contributed by atoms with Gasteiger partial charge in [0, 0.05) is 6.54 Å². The predicted octanol–water partition coefficient (Wildman–Crippen LogP) is 3.20. The zero-order chi connectivity index (χ0) is 13.7. The molecule has 4 heteroatoms. The maximum Gasteiger partial charge on any atom is 0.132 e. The first-order chi connectivity index (χ1) is 9.30. The first-order valence-electron chi connectivity index (χ1n) is 6.22. The molecule has 4 nitrogen and oxygen atoms in total. The summed E-state index contributed by atoms with van der Waals surface area (Å²) in [5, 5.41) is 3.20. The monoisotopic (exact) mass is 258 g/mol. The van der Waals surface area contributed by atoms with Crippen LogP contribution in [0, 0.1) is 0 Å². The highest BCUT2D eigenvalue weighted by molar-refractivity contribution is 5.75. The zero-order valence-electron chi connectivity index (χ0n) is 11.4. The molecule has 1 aromatic heterocycles. The number of ether oxygens (including phenoxy) is 2. The van der Waals surface area contributed by atoms with Crippen LogP contribution in [0.1, 0.15) is 6.92 Å². The van der Waals surface area contributed by atoms with Gasteiger partial charge in [0.15, 0.2) is 0 Å². The lowest BCUT2D eigenvalue weighted by Crippen LogP contribution is -2.00. The van der Waals surface area contributed by atoms with E-state index in [9.17, 15) is 0 Å². The van der Waals surface area contributed by atoms with Crippen LogP contribution in [0.3, 0.4) is 0 Å². The lowest BCUT2D eigenvalue weighted by atomic mass is 10.1. The lowest BCUT2D eigenvalue weighted by molar-refractivity contribution is 0.397. The van der Waals surface area contributed by atoms with Crippen LogP contribution in [-0.2, 0) is 0 Å². The number of hydrogen-bond acceptors (Lipinski definition) is 4. The van der Waals surface area contributed by atoms with Gasteiger partial charge in [0.1, 0.15) is 17.3 Å². The van der Waals surface area contributed by atoms with Crippen molar-refractivity contribution in [2.24, 2.45) is 0 Å². The van der Waals surface area contributed by atoms with Gasteiger partial charge in [-0.15, -0.1) is 0 Å². The Morgan fingerprint density at radius 1 is 1.00 bits per heavy atom. The van der Waals surface area contributed by atoms with Crippen molar-refractivity contribution in [3.63, 3.8) is 0 Å². The molecule has 0 aliphatic rings. The Morgan fingerprint density at radius 3 is 2.21 bits per heavy atom. The summed E-state index contributed by atoms with van der Waals surface area (Å²) in [5.41, 5.74) is 1.69. The van der Waals surface area contributed by atoms with E-state index in [1.54, 1.807) is 14.2 Å². The Hall–Kier alpha value is -2.23. The zero-order valence-corrected chi connectivity index (χ0v) is 11.4. The van der Waals surface area contributed by atoms with Crippen molar-refractivity contribution in [1.82, 2.24) is 4.98 Å². The van der Waals surface area contributed by atoms with Crippen molar-refractivity contribution >= 4 is 5.82 Å². The van der Waals surface area contributed by atoms with Crippen molar-refractivity contribution < 1.29 is 9.47 Å². The SMILES string of the molecule is CCNc1cccc(-c2c(OC)cccc2OC)n1. The third-order valence-corrected chi connectivity index (χ3v) is 2.79. The number of nitrogens with one attached hydrogen (secondary N) is 1. The second kappa shape index (κ2) is 6.09. The third kappa shape index (κ3) is 2.78. The fourth-order valence-electron chi connectivity index (χ4n) is 1.96. The molecule has 100 valence electrons. The maximum atomic E-state index is 5.40. The van der Waals surface area contributed by atoms with Crippen molar-refractivity contribution in [1.29, 1.82) is 0 Å². The van der Waals surface area contributed by atoms with Gasteiger partial charge in [0.05, 0.1) is 25.5 Å². The van der Waals surface area contributed by atoms with E-state index in [0.29, 0.717) is 0 Å². The number of benzene rings is 1. The van der Waals surface area contributed by atoms with E-state index in [0.717, 1.165) is 35.1 Å². The van der Waals surface area contributed by atoms with Crippen LogP contribution in [0.5, 0.6) is 11.5 Å². The molecule has 0 bridgehead atoms. The van der Waals surface area contributed by atoms with Crippen LogP contribution in [0.25, 0.3) is 11.3 Å². The second-order valence-electron chi connectivity index (χ2n) is 3.98. The highest BCUT2D eigenvalue weighted by atomic mass is 16.5. The highest BCUT2D eigenvalue weighted by Crippen LogP contribution is 2.37. The number of hydrogen-bond donors (Lipinski definition) is 1. The van der Waals surface area contributed by atoms with Crippen LogP contribution in [0.15, 0.2) is 36.4 Å². The van der Waals surface area contributed by atoms with E-state index in [1.165, 1.54) is 0 Å². The van der Waals surface area contributed by atoms with Gasteiger partial charge in [-0.1, -0.05) is 12.1 Å². The molecule has 0 saturated heterocycles. The smallest absolute Gasteiger partial charge is 0.132 e. The minimum atomic E-state index is 0.750. The molecule has 1 heterocycles. The molecule has 2 aromatic rings. The third-order valence-electron chi connectivity index (χ3n) is 2.79. The molecule has 0 amide bonds. The summed E-state index contributed by atoms with van der Waals surface area (Å²) in [7, 11) is 3.29. The molecule has 0 aliphatic carbocycles. The number of pyridine rings is 1. The minimum Gasteiger partial charge on any atom is -0.496 e. The summed E-state index contributed by atoms with van der Waals surface area (Å²) < 4.78 is 10.8. The number of anilines is 1. The van der Waals surface area contributed by atoms with E-state index in [1.807, 2.05) is 43.3 Å². The average Bonchev–Trinajstić information content (AvgIpc) is 2.47. The Balaban J connectivity index is 2.53. The first-order valence-corrected chi connectivity index (χ1v) is 6.22. The number of nitrogens with zero attached hydrogens (tertiary/aromatic N) is 1. The Kier molecular flexibility index (Phi) is 4.23. The highest BCUT2D eigenvalue weighted by Gasteiger charge is 2.13. The standard InChI is InChI=1S/C15H18N2O2/c1-4-16-14-10-5-7-11(17-14)15-12(18-2)8-6-9-13(15)19-3/h5-10H,4H2,1-3H3,(H,16,17). The molecule has 1 N–H and O–H groups in total. The van der Waals surface area contributed by atoms with Gasteiger partial charge in [-0.2, -0.15) is 0 Å². The van der Waals surface area contributed by atoms with Crippen LogP contribution in [0.4, 0.5) is 5.82 Å². The van der Waals surface area contributed by atoms with E-state index < -0.39 is 0 Å². The van der Waals surface area contributed by atoms with Crippen molar-refractivity contribution in [2.45, 2.75) is 6.92 Å². The Bertz CT molecular complexity index is 533. The van der Waals surface area contributed by atoms with Crippen molar-refractivity contribution in [3.05, 3.63) is 36.4 Å². The number of aromatic nitrogens is 1. The van der Waals surface area contributed by atoms with Gasteiger partial charge >= 0.3 is 0 Å². The van der Waals surface area contributed by atoms with Crippen LogP contribution >= 0.6 is 0 Å². The maximum absolute atomic E-state index is 5.40. The van der Waals surface area contributed by atoms with Crippen molar-refractivity contribution in [2.75, 3.05) is 26.1 Å². The van der Waals surface area contributed by atoms with Crippen molar-refractivity contribution in [3.8, 4) is 22.8 Å². The molecule has 0 spiro atoms. The molecule has 0 radical (unpaired) electrons. The van der Waals surface area contributed by atoms with E-state index >= 15 is 0 Å². The lowest BCUT2D eigenvalue weighted by Gasteiger charge is -2.13. The Labute approximate surface area is 113 Å². The Morgan fingerprint density at radius 2 is 1.63 bits per heavy atom. The average molecular weight is 258 g/mol. The molecule has 0 aliphatic heterocycles. The summed E-state index contributed by atoms with van der Waals surface area (Å²) >= 11 is 0. The van der Waals surface area contributed by atoms with Crippen LogP contribution in [-0.4, -0.2) is 25.7 Å². The van der Waals surface area contributed by atoms with Gasteiger partial charge in [-0.3, -0.25) is 0 Å². The van der Waals surface area contributed by atoms with Crippen LogP contribution in [0.2, 0.25) is 0 Å². The van der Waals surface area contributed by atoms with Gasteiger partial charge < -0.3 is 14.8 Å². The fourth-order valence-corrected chi connectivity index (χ4v) is 1.96. The summed E-state index contributed by atoms with van der Waals surface area (Å²) in [6.45, 7) is 2.87. The number of methoxy groups -OCH3 is 2. The molecule has 1 aromatic carbocycles. The summed E-state index contributed by atoms with van der Waals surface area (Å²) in [4.78, 5) is 4.58. The van der Waals surface area contributed by atoms with E-state index in [4.69, 9.17) is 9.47 Å². The van der Waals surface area contributed by atoms with E-state index in [2.05, 4.69) is 10.3 Å². The quantitative estimate of drug-likeness (QED) is 0.894. The molecular formula is C15H18N2O2. The molecule has 0 fully saturated rings. The molecule has 0 unspecified atom stereocenters. The molecule has 0 atom stereocenters. The van der Waals surface area contributed by atoms with E-state index in [-0.39, 0.29) is 0 Å². The summed E-state index contributed by atoms with van der Waals surface area (Å²) in [6.07, 6.45) is 0. The van der Waals surface area contributed by atoms with Gasteiger partial charge in [0.2, 0.25) is 0 Å². The summed E-state index contributed by atoms with van der Waals surface area (Å²) in [6, 6.07) is 11.6. The normalized spacial score (nSPS) is 10.1. The molecule has 0 saturated carbocycles. The van der Waals surface area contributed by atoms with Gasteiger partial charge in [-0.25, -0.2) is 4.98 Å².